The number of aryl methyl sites for hydroxylation is 2. The molecule has 0 fully saturated rings. The SMILES string of the molecule is Cc1ccc2c(=O)c3cc4c(cc3[nH]c2c1)c(=O)c1cccc(C)c1n4S(=O)(=O)O. The Morgan fingerprint density at radius 2 is 1.53 bits per heavy atom. The van der Waals surface area contributed by atoms with Gasteiger partial charge in [0.05, 0.1) is 16.6 Å². The summed E-state index contributed by atoms with van der Waals surface area (Å²) >= 11 is 0. The van der Waals surface area contributed by atoms with Crippen LogP contribution in [0.2, 0.25) is 0 Å². The molecule has 5 aromatic rings. The third kappa shape index (κ3) is 2.51. The van der Waals surface area contributed by atoms with E-state index in [9.17, 15) is 22.6 Å². The molecule has 5 rings (SSSR count). The highest BCUT2D eigenvalue weighted by atomic mass is 32.2. The van der Waals surface area contributed by atoms with Crippen LogP contribution in [-0.4, -0.2) is 21.9 Å². The smallest absolute Gasteiger partial charge is 0.354 e. The first kappa shape index (κ1) is 18.5. The molecule has 0 aliphatic carbocycles. The van der Waals surface area contributed by atoms with Crippen LogP contribution in [0.3, 0.4) is 0 Å². The number of nitrogens with zero attached hydrogens (tertiary/aromatic N) is 1. The second-order valence-electron chi connectivity index (χ2n) is 7.46. The van der Waals surface area contributed by atoms with Crippen LogP contribution in [0.25, 0.3) is 43.6 Å². The minimum absolute atomic E-state index is 0.0474. The van der Waals surface area contributed by atoms with E-state index in [1.165, 1.54) is 18.2 Å². The quantitative estimate of drug-likeness (QED) is 0.319. The molecule has 150 valence electrons. The van der Waals surface area contributed by atoms with Gasteiger partial charge in [0, 0.05) is 27.1 Å². The molecule has 0 aliphatic rings. The normalized spacial score (nSPS) is 12.4. The van der Waals surface area contributed by atoms with Crippen LogP contribution in [0.15, 0.2) is 58.1 Å². The largest absolute Gasteiger partial charge is 0.364 e. The van der Waals surface area contributed by atoms with Crippen molar-refractivity contribution in [1.82, 2.24) is 8.96 Å². The van der Waals surface area contributed by atoms with E-state index in [1.54, 1.807) is 25.1 Å². The van der Waals surface area contributed by atoms with Crippen molar-refractivity contribution in [1.29, 1.82) is 0 Å². The Bertz CT molecular complexity index is 1780. The van der Waals surface area contributed by atoms with Gasteiger partial charge in [0.2, 0.25) is 0 Å². The highest BCUT2D eigenvalue weighted by Gasteiger charge is 2.21. The van der Waals surface area contributed by atoms with Crippen LogP contribution in [0.4, 0.5) is 0 Å². The number of para-hydroxylation sites is 1. The molecule has 0 amide bonds. The van der Waals surface area contributed by atoms with Gasteiger partial charge in [-0.05, 0) is 55.3 Å². The zero-order chi connectivity index (χ0) is 21.4. The summed E-state index contributed by atoms with van der Waals surface area (Å²) in [6.07, 6.45) is 0. The lowest BCUT2D eigenvalue weighted by molar-refractivity contribution is 0.476. The molecule has 30 heavy (non-hydrogen) atoms. The van der Waals surface area contributed by atoms with Gasteiger partial charge in [-0.1, -0.05) is 18.2 Å². The Hall–Kier alpha value is -3.49. The first-order valence-electron chi connectivity index (χ1n) is 9.19. The molecule has 0 unspecified atom stereocenters. The van der Waals surface area contributed by atoms with E-state index in [2.05, 4.69) is 4.98 Å². The number of fused-ring (bicyclic) bond motifs is 4. The fraction of sp³-hybridized carbons (Fsp3) is 0.0909. The lowest BCUT2D eigenvalue weighted by Gasteiger charge is -2.15. The van der Waals surface area contributed by atoms with Crippen LogP contribution in [-0.2, 0) is 10.3 Å². The number of aromatic amines is 1. The first-order chi connectivity index (χ1) is 14.2. The predicted molar refractivity (Wildman–Crippen MR) is 118 cm³/mol. The van der Waals surface area contributed by atoms with E-state index in [0.717, 1.165) is 9.54 Å². The van der Waals surface area contributed by atoms with Crippen LogP contribution < -0.4 is 10.9 Å². The zero-order valence-electron chi connectivity index (χ0n) is 16.1. The van der Waals surface area contributed by atoms with Crippen LogP contribution in [0.5, 0.6) is 0 Å². The summed E-state index contributed by atoms with van der Waals surface area (Å²) in [5, 5.41) is 0.924. The Kier molecular flexibility index (Phi) is 3.71. The van der Waals surface area contributed by atoms with Crippen LogP contribution in [0.1, 0.15) is 11.1 Å². The molecule has 3 aromatic carbocycles. The molecular formula is C22H16N2O5S. The van der Waals surface area contributed by atoms with Crippen molar-refractivity contribution in [3.05, 3.63) is 80.1 Å². The monoisotopic (exact) mass is 420 g/mol. The number of nitrogens with one attached hydrogen (secondary N) is 1. The third-order valence-corrected chi connectivity index (χ3v) is 6.29. The highest BCUT2D eigenvalue weighted by molar-refractivity contribution is 7.84. The van der Waals surface area contributed by atoms with Gasteiger partial charge in [0.25, 0.3) is 0 Å². The third-order valence-electron chi connectivity index (χ3n) is 5.45. The van der Waals surface area contributed by atoms with Gasteiger partial charge in [-0.25, -0.2) is 3.97 Å². The second-order valence-corrected chi connectivity index (χ2v) is 8.72. The number of pyridine rings is 2. The Labute approximate surface area is 170 Å². The Balaban J connectivity index is 2.13. The molecule has 0 radical (unpaired) electrons. The van der Waals surface area contributed by atoms with Crippen LogP contribution in [0, 0.1) is 13.8 Å². The summed E-state index contributed by atoms with van der Waals surface area (Å²) in [4.78, 5) is 29.5. The van der Waals surface area contributed by atoms with Gasteiger partial charge in [0.15, 0.2) is 10.9 Å². The minimum Gasteiger partial charge on any atom is -0.354 e. The summed E-state index contributed by atoms with van der Waals surface area (Å²) < 4.78 is 35.4. The average molecular weight is 420 g/mol. The number of hydrogen-bond donors (Lipinski definition) is 2. The molecule has 0 bridgehead atoms. The second kappa shape index (κ2) is 6.01. The summed E-state index contributed by atoms with van der Waals surface area (Å²) in [6, 6.07) is 13.0. The van der Waals surface area contributed by atoms with Gasteiger partial charge in [0.1, 0.15) is 0 Å². The van der Waals surface area contributed by atoms with Crippen molar-refractivity contribution >= 4 is 53.9 Å². The summed E-state index contributed by atoms with van der Waals surface area (Å²) in [7, 11) is -4.76. The summed E-state index contributed by atoms with van der Waals surface area (Å²) in [5.41, 5.74) is 1.88. The predicted octanol–water partition coefficient (Wildman–Crippen LogP) is 3.42. The molecule has 0 spiro atoms. The molecular weight excluding hydrogens is 404 g/mol. The Morgan fingerprint density at radius 3 is 2.27 bits per heavy atom. The Morgan fingerprint density at radius 1 is 0.833 bits per heavy atom. The molecule has 2 aromatic heterocycles. The fourth-order valence-corrected chi connectivity index (χ4v) is 4.97. The molecule has 0 aliphatic heterocycles. The lowest BCUT2D eigenvalue weighted by Crippen LogP contribution is -2.19. The van der Waals surface area contributed by atoms with Crippen molar-refractivity contribution in [2.45, 2.75) is 13.8 Å². The van der Waals surface area contributed by atoms with Crippen molar-refractivity contribution in [3.8, 4) is 0 Å². The van der Waals surface area contributed by atoms with Gasteiger partial charge in [-0.3, -0.25) is 14.1 Å². The highest BCUT2D eigenvalue weighted by Crippen LogP contribution is 2.27. The van der Waals surface area contributed by atoms with Crippen molar-refractivity contribution < 1.29 is 13.0 Å². The van der Waals surface area contributed by atoms with E-state index in [-0.39, 0.29) is 38.0 Å². The summed E-state index contributed by atoms with van der Waals surface area (Å²) in [5.74, 6) is 0. The van der Waals surface area contributed by atoms with E-state index in [1.807, 2.05) is 19.1 Å². The molecule has 2 heterocycles. The maximum absolute atomic E-state index is 13.2. The van der Waals surface area contributed by atoms with Crippen molar-refractivity contribution in [2.75, 3.05) is 0 Å². The van der Waals surface area contributed by atoms with Crippen molar-refractivity contribution in [3.63, 3.8) is 0 Å². The summed E-state index contributed by atoms with van der Waals surface area (Å²) in [6.45, 7) is 3.56. The van der Waals surface area contributed by atoms with E-state index < -0.39 is 10.3 Å². The number of rotatable bonds is 1. The molecule has 0 saturated heterocycles. The van der Waals surface area contributed by atoms with Gasteiger partial charge < -0.3 is 4.98 Å². The topological polar surface area (TPSA) is 109 Å². The van der Waals surface area contributed by atoms with Gasteiger partial charge in [-0.15, -0.1) is 0 Å². The number of benzene rings is 3. The lowest BCUT2D eigenvalue weighted by atomic mass is 10.0. The van der Waals surface area contributed by atoms with Gasteiger partial charge in [-0.2, -0.15) is 8.42 Å². The zero-order valence-corrected chi connectivity index (χ0v) is 16.9. The fourth-order valence-electron chi connectivity index (χ4n) is 4.10. The maximum atomic E-state index is 13.2. The first-order valence-corrected chi connectivity index (χ1v) is 10.6. The molecule has 2 N–H and O–H groups in total. The van der Waals surface area contributed by atoms with E-state index >= 15 is 0 Å². The van der Waals surface area contributed by atoms with Crippen molar-refractivity contribution in [2.24, 2.45) is 0 Å². The van der Waals surface area contributed by atoms with E-state index in [0.29, 0.717) is 22.0 Å². The standard InChI is InChI=1S/C22H16N2O5S/c1-11-6-7-13-17(8-11)23-18-9-16-19(10-15(18)21(13)25)24(30(27,28)29)20-12(2)4-3-5-14(20)22(16)26/h3-10H,1-2H3,(H,23,25)(H,27,28,29). The average Bonchev–Trinajstić information content (AvgIpc) is 2.67. The maximum Gasteiger partial charge on any atom is 0.364 e. The van der Waals surface area contributed by atoms with Crippen LogP contribution >= 0.6 is 0 Å². The van der Waals surface area contributed by atoms with E-state index in [4.69, 9.17) is 0 Å². The number of H-pyrrole nitrogens is 1. The molecule has 7 nitrogen and oxygen atoms in total. The number of hydrogen-bond acceptors (Lipinski definition) is 4. The molecule has 8 heteroatoms. The van der Waals surface area contributed by atoms with Gasteiger partial charge >= 0.3 is 10.3 Å². The molecule has 0 saturated carbocycles. The minimum atomic E-state index is -4.76. The number of aromatic nitrogens is 2. The molecule has 0 atom stereocenters.